The highest BCUT2D eigenvalue weighted by Crippen LogP contribution is 2.30. The second-order valence-corrected chi connectivity index (χ2v) is 6.95. The first kappa shape index (κ1) is 16.4. The van der Waals surface area contributed by atoms with Crippen molar-refractivity contribution < 1.29 is 9.53 Å². The van der Waals surface area contributed by atoms with E-state index in [1.54, 1.807) is 0 Å². The smallest absolute Gasteiger partial charge is 0.330 e. The van der Waals surface area contributed by atoms with Crippen LogP contribution < -0.4 is 5.73 Å². The summed E-state index contributed by atoms with van der Waals surface area (Å²) in [5.41, 5.74) is 6.18. The van der Waals surface area contributed by atoms with Crippen molar-refractivity contribution in [2.75, 3.05) is 18.6 Å². The van der Waals surface area contributed by atoms with Crippen LogP contribution in [-0.2, 0) is 15.1 Å². The van der Waals surface area contributed by atoms with Crippen LogP contribution in [0.3, 0.4) is 0 Å². The third kappa shape index (κ3) is 4.24. The Labute approximate surface area is 131 Å². The zero-order valence-corrected chi connectivity index (χ0v) is 13.5. The van der Waals surface area contributed by atoms with Crippen LogP contribution in [0.15, 0.2) is 30.3 Å². The minimum absolute atomic E-state index is 0.352. The van der Waals surface area contributed by atoms with E-state index >= 15 is 0 Å². The Hall–Kier alpha value is -1.00. The molecule has 21 heavy (non-hydrogen) atoms. The van der Waals surface area contributed by atoms with Gasteiger partial charge in [0.05, 0.1) is 7.11 Å². The van der Waals surface area contributed by atoms with Gasteiger partial charge < -0.3 is 10.5 Å². The summed E-state index contributed by atoms with van der Waals surface area (Å²) in [6.45, 7) is 0. The van der Waals surface area contributed by atoms with Crippen LogP contribution in [0.5, 0.6) is 0 Å². The van der Waals surface area contributed by atoms with Crippen molar-refractivity contribution in [3.63, 3.8) is 0 Å². The molecule has 1 saturated carbocycles. The molecule has 3 nitrogen and oxygen atoms in total. The van der Waals surface area contributed by atoms with Gasteiger partial charge in [0.2, 0.25) is 0 Å². The molecule has 0 saturated heterocycles. The fraction of sp³-hybridized carbons (Fsp3) is 0.588. The molecule has 0 aromatic heterocycles. The number of ether oxygens (including phenoxy) is 1. The Kier molecular flexibility index (Phi) is 6.12. The lowest BCUT2D eigenvalue weighted by Crippen LogP contribution is -2.46. The zero-order valence-electron chi connectivity index (χ0n) is 12.7. The van der Waals surface area contributed by atoms with Crippen LogP contribution in [0.25, 0.3) is 0 Å². The summed E-state index contributed by atoms with van der Waals surface area (Å²) >= 11 is 1.91. The molecule has 0 bridgehead atoms. The van der Waals surface area contributed by atoms with E-state index in [2.05, 4.69) is 0 Å². The number of rotatable bonds is 7. The molecule has 116 valence electrons. The molecule has 1 unspecified atom stereocenters. The summed E-state index contributed by atoms with van der Waals surface area (Å²) in [5, 5.41) is 0. The average Bonchev–Trinajstić information content (AvgIpc) is 3.04. The number of benzene rings is 1. The summed E-state index contributed by atoms with van der Waals surface area (Å²) in [7, 11) is 1.40. The second kappa shape index (κ2) is 7.85. The third-order valence-corrected chi connectivity index (χ3v) is 5.51. The molecule has 1 fully saturated rings. The standard InChI is InChI=1S/C17H25NO2S/c1-20-16(19)17(18,15-9-3-2-4-10-15)11-12-21-13-14-7-5-6-8-14/h2-4,9-10,14H,5-8,11-13,18H2,1H3. The Morgan fingerprint density at radius 2 is 2.00 bits per heavy atom. The van der Waals surface area contributed by atoms with Crippen LogP contribution in [0.2, 0.25) is 0 Å². The molecule has 1 atom stereocenters. The predicted octanol–water partition coefficient (Wildman–Crippen LogP) is 3.33. The minimum Gasteiger partial charge on any atom is -0.467 e. The molecule has 1 aliphatic carbocycles. The van der Waals surface area contributed by atoms with Crippen molar-refractivity contribution >= 4 is 17.7 Å². The van der Waals surface area contributed by atoms with E-state index < -0.39 is 5.54 Å². The molecule has 1 aromatic rings. The molecule has 0 spiro atoms. The van der Waals surface area contributed by atoms with Crippen molar-refractivity contribution in [1.29, 1.82) is 0 Å². The van der Waals surface area contributed by atoms with Gasteiger partial charge in [-0.25, -0.2) is 4.79 Å². The van der Waals surface area contributed by atoms with Gasteiger partial charge >= 0.3 is 5.97 Å². The Balaban J connectivity index is 1.92. The highest BCUT2D eigenvalue weighted by molar-refractivity contribution is 7.99. The minimum atomic E-state index is -1.03. The lowest BCUT2D eigenvalue weighted by molar-refractivity contribution is -0.147. The number of hydrogen-bond donors (Lipinski definition) is 1. The molecule has 0 amide bonds. The first-order chi connectivity index (χ1) is 10.2. The number of carbonyl (C=O) groups excluding carboxylic acids is 1. The summed E-state index contributed by atoms with van der Waals surface area (Å²) in [6.07, 6.45) is 6.07. The molecule has 0 heterocycles. The molecular formula is C17H25NO2S. The Morgan fingerprint density at radius 1 is 1.33 bits per heavy atom. The summed E-state index contributed by atoms with van der Waals surface area (Å²) in [5.74, 6) is 2.58. The molecule has 4 heteroatoms. The maximum atomic E-state index is 12.1. The molecule has 1 aromatic carbocycles. The SMILES string of the molecule is COC(=O)C(N)(CCSCC1CCCC1)c1ccccc1. The average molecular weight is 307 g/mol. The predicted molar refractivity (Wildman–Crippen MR) is 88.2 cm³/mol. The van der Waals surface area contributed by atoms with Gasteiger partial charge in [-0.2, -0.15) is 11.8 Å². The van der Waals surface area contributed by atoms with Gasteiger partial charge in [-0.15, -0.1) is 0 Å². The fourth-order valence-electron chi connectivity index (χ4n) is 2.94. The van der Waals surface area contributed by atoms with Crippen LogP contribution in [0.4, 0.5) is 0 Å². The Morgan fingerprint density at radius 3 is 2.62 bits per heavy atom. The van der Waals surface area contributed by atoms with Gasteiger partial charge in [-0.05, 0) is 42.2 Å². The van der Waals surface area contributed by atoms with Crippen molar-refractivity contribution in [2.24, 2.45) is 11.7 Å². The Bertz CT molecular complexity index is 445. The highest BCUT2D eigenvalue weighted by atomic mass is 32.2. The van der Waals surface area contributed by atoms with E-state index in [1.807, 2.05) is 42.1 Å². The van der Waals surface area contributed by atoms with Gasteiger partial charge in [0, 0.05) is 0 Å². The van der Waals surface area contributed by atoms with Crippen molar-refractivity contribution in [3.8, 4) is 0 Å². The van der Waals surface area contributed by atoms with Gasteiger partial charge in [0.15, 0.2) is 0 Å². The van der Waals surface area contributed by atoms with E-state index in [0.29, 0.717) is 6.42 Å². The van der Waals surface area contributed by atoms with Crippen LogP contribution >= 0.6 is 11.8 Å². The lowest BCUT2D eigenvalue weighted by atomic mass is 9.88. The summed E-state index contributed by atoms with van der Waals surface area (Å²) in [6, 6.07) is 9.55. The highest BCUT2D eigenvalue weighted by Gasteiger charge is 2.36. The molecule has 0 aliphatic heterocycles. The molecule has 1 aliphatic rings. The van der Waals surface area contributed by atoms with Gasteiger partial charge in [0.25, 0.3) is 0 Å². The number of carbonyl (C=O) groups is 1. The van der Waals surface area contributed by atoms with Crippen LogP contribution in [0, 0.1) is 5.92 Å². The van der Waals surface area contributed by atoms with E-state index in [4.69, 9.17) is 10.5 Å². The second-order valence-electron chi connectivity index (χ2n) is 5.80. The van der Waals surface area contributed by atoms with E-state index in [0.717, 1.165) is 17.2 Å². The molecule has 2 rings (SSSR count). The maximum absolute atomic E-state index is 12.1. The number of hydrogen-bond acceptors (Lipinski definition) is 4. The third-order valence-electron chi connectivity index (χ3n) is 4.31. The molecule has 2 N–H and O–H groups in total. The fourth-order valence-corrected chi connectivity index (χ4v) is 4.24. The lowest BCUT2D eigenvalue weighted by Gasteiger charge is -2.27. The van der Waals surface area contributed by atoms with E-state index in [9.17, 15) is 4.79 Å². The summed E-state index contributed by atoms with van der Waals surface area (Å²) < 4.78 is 4.93. The number of methoxy groups -OCH3 is 1. The largest absolute Gasteiger partial charge is 0.467 e. The van der Waals surface area contributed by atoms with E-state index in [1.165, 1.54) is 38.5 Å². The number of esters is 1. The zero-order chi connectivity index (χ0) is 15.1. The van der Waals surface area contributed by atoms with Gasteiger partial charge in [0.1, 0.15) is 5.54 Å². The first-order valence-corrected chi connectivity index (χ1v) is 8.83. The first-order valence-electron chi connectivity index (χ1n) is 7.67. The van der Waals surface area contributed by atoms with Gasteiger partial charge in [-0.3, -0.25) is 0 Å². The van der Waals surface area contributed by atoms with Gasteiger partial charge in [-0.1, -0.05) is 43.2 Å². The van der Waals surface area contributed by atoms with Crippen molar-refractivity contribution in [2.45, 2.75) is 37.6 Å². The maximum Gasteiger partial charge on any atom is 0.330 e. The van der Waals surface area contributed by atoms with Crippen molar-refractivity contribution in [3.05, 3.63) is 35.9 Å². The topological polar surface area (TPSA) is 52.3 Å². The molecule has 0 radical (unpaired) electrons. The van der Waals surface area contributed by atoms with Crippen LogP contribution in [0.1, 0.15) is 37.7 Å². The van der Waals surface area contributed by atoms with Crippen LogP contribution in [-0.4, -0.2) is 24.6 Å². The number of thioether (sulfide) groups is 1. The monoisotopic (exact) mass is 307 g/mol. The quantitative estimate of drug-likeness (QED) is 0.620. The van der Waals surface area contributed by atoms with E-state index in [-0.39, 0.29) is 5.97 Å². The molecular weight excluding hydrogens is 282 g/mol. The van der Waals surface area contributed by atoms with Crippen molar-refractivity contribution in [1.82, 2.24) is 0 Å². The normalized spacial score (nSPS) is 18.4. The number of nitrogens with two attached hydrogens (primary N) is 1. The summed E-state index contributed by atoms with van der Waals surface area (Å²) in [4.78, 5) is 12.1.